The van der Waals surface area contributed by atoms with Gasteiger partial charge >= 0.3 is 11.9 Å². The highest BCUT2D eigenvalue weighted by molar-refractivity contribution is 6.02. The zero-order valence-corrected chi connectivity index (χ0v) is 24.9. The maximum Gasteiger partial charge on any atom is 0.339 e. The molecule has 4 unspecified atom stereocenters. The molecule has 5 rings (SSSR count). The Balaban J connectivity index is 1.26. The number of allylic oxidation sites excluding steroid dienone is 1. The van der Waals surface area contributed by atoms with E-state index >= 15 is 0 Å². The summed E-state index contributed by atoms with van der Waals surface area (Å²) < 4.78 is 5.93. The second-order valence-electron chi connectivity index (χ2n) is 14.4. The maximum atomic E-state index is 12.9. The van der Waals surface area contributed by atoms with Crippen LogP contribution in [0.1, 0.15) is 126 Å². The van der Waals surface area contributed by atoms with E-state index in [1.165, 1.54) is 63.0 Å². The largest absolute Gasteiger partial charge is 0.478 e. The summed E-state index contributed by atoms with van der Waals surface area (Å²) in [7, 11) is 0. The van der Waals surface area contributed by atoms with Gasteiger partial charge in [-0.05, 0) is 103 Å². The Hall–Kier alpha value is -2.10. The lowest BCUT2D eigenvalue weighted by Crippen LogP contribution is -2.51. The average Bonchev–Trinajstić information content (AvgIpc) is 3.26. The van der Waals surface area contributed by atoms with Gasteiger partial charge in [0.25, 0.3) is 0 Å². The third-order valence-electron chi connectivity index (χ3n) is 11.9. The van der Waals surface area contributed by atoms with Gasteiger partial charge in [-0.2, -0.15) is 0 Å². The van der Waals surface area contributed by atoms with Gasteiger partial charge in [0.15, 0.2) is 0 Å². The molecule has 0 radical (unpaired) electrons. The van der Waals surface area contributed by atoms with Gasteiger partial charge in [-0.25, -0.2) is 9.59 Å². The van der Waals surface area contributed by atoms with Crippen LogP contribution in [0.25, 0.3) is 0 Å². The number of esters is 1. The normalized spacial score (nSPS) is 36.4. The standard InChI is InChI=1S/C35H50O4/c1-22(2)9-8-10-23(3)29-15-16-30-28-14-13-24-21-25(17-19-34(24,4)31(28)18-20-35(29,30)5)39-33(38)27-12-7-6-11-26(27)32(36)37/h6-7,11-13,22-23,25,28-31H,8-10,14-21H2,1-5H3,(H,36,37)/t23-,25?,28?,29-,30?,31?,34+,35-/m1/s1. The molecule has 0 aliphatic heterocycles. The summed E-state index contributed by atoms with van der Waals surface area (Å²) in [6.07, 6.45) is 15.9. The molecule has 0 spiro atoms. The molecule has 1 N–H and O–H groups in total. The number of hydrogen-bond donors (Lipinski definition) is 1. The predicted octanol–water partition coefficient (Wildman–Crippen LogP) is 8.95. The van der Waals surface area contributed by atoms with E-state index in [1.807, 2.05) is 0 Å². The fourth-order valence-corrected chi connectivity index (χ4v) is 9.82. The molecule has 8 atom stereocenters. The number of carbonyl (C=O) groups excluding carboxylic acids is 1. The molecule has 4 nitrogen and oxygen atoms in total. The average molecular weight is 535 g/mol. The third kappa shape index (κ3) is 5.22. The minimum absolute atomic E-state index is 0.0113. The molecule has 39 heavy (non-hydrogen) atoms. The van der Waals surface area contributed by atoms with Crippen molar-refractivity contribution in [2.45, 2.75) is 111 Å². The number of fused-ring (bicyclic) bond motifs is 5. The number of carboxylic acid groups (broad SMARTS) is 1. The number of aromatic carboxylic acids is 1. The summed E-state index contributed by atoms with van der Waals surface area (Å²) in [4.78, 5) is 24.5. The molecule has 0 amide bonds. The molecular weight excluding hydrogens is 484 g/mol. The minimum Gasteiger partial charge on any atom is -0.478 e. The number of rotatable bonds is 8. The van der Waals surface area contributed by atoms with E-state index < -0.39 is 11.9 Å². The Bertz CT molecular complexity index is 1100. The first kappa shape index (κ1) is 28.4. The molecule has 4 aliphatic rings. The molecule has 3 fully saturated rings. The summed E-state index contributed by atoms with van der Waals surface area (Å²) in [6.45, 7) is 12.4. The van der Waals surface area contributed by atoms with Gasteiger partial charge in [0.05, 0.1) is 11.1 Å². The maximum absolute atomic E-state index is 12.9. The van der Waals surface area contributed by atoms with Gasteiger partial charge in [-0.1, -0.05) is 77.7 Å². The van der Waals surface area contributed by atoms with E-state index in [0.717, 1.165) is 54.8 Å². The van der Waals surface area contributed by atoms with E-state index in [9.17, 15) is 14.7 Å². The van der Waals surface area contributed by atoms with Crippen LogP contribution in [0.15, 0.2) is 35.9 Å². The van der Waals surface area contributed by atoms with Crippen molar-refractivity contribution in [3.63, 3.8) is 0 Å². The van der Waals surface area contributed by atoms with Gasteiger partial charge in [-0.3, -0.25) is 0 Å². The van der Waals surface area contributed by atoms with Crippen LogP contribution in [0.5, 0.6) is 0 Å². The van der Waals surface area contributed by atoms with Crippen LogP contribution in [0, 0.1) is 46.3 Å². The summed E-state index contributed by atoms with van der Waals surface area (Å²) in [5.41, 5.74) is 2.34. The first-order chi connectivity index (χ1) is 18.5. The monoisotopic (exact) mass is 534 g/mol. The first-order valence-electron chi connectivity index (χ1n) is 15.8. The number of carboxylic acids is 1. The molecule has 3 saturated carbocycles. The highest BCUT2D eigenvalue weighted by Gasteiger charge is 2.59. The molecular formula is C35H50O4. The van der Waals surface area contributed by atoms with Gasteiger partial charge < -0.3 is 9.84 Å². The Kier molecular flexibility index (Phi) is 8.06. The fourth-order valence-electron chi connectivity index (χ4n) is 9.82. The summed E-state index contributed by atoms with van der Waals surface area (Å²) >= 11 is 0. The van der Waals surface area contributed by atoms with Crippen molar-refractivity contribution in [2.24, 2.45) is 46.3 Å². The highest BCUT2D eigenvalue weighted by atomic mass is 16.5. The van der Waals surface area contributed by atoms with Crippen LogP contribution >= 0.6 is 0 Å². The number of carbonyl (C=O) groups is 2. The lowest BCUT2D eigenvalue weighted by atomic mass is 9.47. The molecule has 0 aromatic heterocycles. The highest BCUT2D eigenvalue weighted by Crippen LogP contribution is 2.67. The van der Waals surface area contributed by atoms with Crippen LogP contribution in [0.4, 0.5) is 0 Å². The van der Waals surface area contributed by atoms with Crippen molar-refractivity contribution in [1.82, 2.24) is 0 Å². The van der Waals surface area contributed by atoms with Gasteiger partial charge in [0.1, 0.15) is 6.10 Å². The smallest absolute Gasteiger partial charge is 0.339 e. The molecule has 0 bridgehead atoms. The van der Waals surface area contributed by atoms with Crippen LogP contribution < -0.4 is 0 Å². The van der Waals surface area contributed by atoms with Gasteiger partial charge in [-0.15, -0.1) is 0 Å². The van der Waals surface area contributed by atoms with E-state index in [-0.39, 0.29) is 22.6 Å². The Morgan fingerprint density at radius 2 is 1.72 bits per heavy atom. The predicted molar refractivity (Wildman–Crippen MR) is 156 cm³/mol. The van der Waals surface area contributed by atoms with Gasteiger partial charge in [0, 0.05) is 6.42 Å². The van der Waals surface area contributed by atoms with Crippen molar-refractivity contribution in [3.8, 4) is 0 Å². The van der Waals surface area contributed by atoms with Crippen molar-refractivity contribution in [2.75, 3.05) is 0 Å². The zero-order chi connectivity index (χ0) is 27.9. The SMILES string of the molecule is CC(C)CCC[C@@H](C)[C@H]1CCC2C3CC=C4CC(OC(=O)c5ccccc5C(=O)O)CC[C@]4(C)C3CC[C@@]21C. The molecule has 1 aromatic rings. The van der Waals surface area contributed by atoms with Crippen LogP contribution in [0.2, 0.25) is 0 Å². The molecule has 0 heterocycles. The Morgan fingerprint density at radius 3 is 2.44 bits per heavy atom. The van der Waals surface area contributed by atoms with Crippen molar-refractivity contribution < 1.29 is 19.4 Å². The Labute approximate surface area is 236 Å². The second-order valence-corrected chi connectivity index (χ2v) is 14.4. The molecule has 4 heteroatoms. The summed E-state index contributed by atoms with van der Waals surface area (Å²) in [5.74, 6) is 3.26. The fraction of sp³-hybridized carbons (Fsp3) is 0.714. The third-order valence-corrected chi connectivity index (χ3v) is 11.9. The van der Waals surface area contributed by atoms with Crippen molar-refractivity contribution in [3.05, 3.63) is 47.0 Å². The topological polar surface area (TPSA) is 63.6 Å². The van der Waals surface area contributed by atoms with E-state index in [4.69, 9.17) is 4.74 Å². The number of benzene rings is 1. The lowest BCUT2D eigenvalue weighted by molar-refractivity contribution is -0.0594. The summed E-state index contributed by atoms with van der Waals surface area (Å²) in [6, 6.07) is 6.37. The minimum atomic E-state index is -1.09. The van der Waals surface area contributed by atoms with Crippen LogP contribution in [-0.4, -0.2) is 23.1 Å². The quantitative estimate of drug-likeness (QED) is 0.267. The second kappa shape index (κ2) is 11.1. The van der Waals surface area contributed by atoms with Gasteiger partial charge in [0.2, 0.25) is 0 Å². The van der Waals surface area contributed by atoms with Crippen LogP contribution in [0.3, 0.4) is 0 Å². The van der Waals surface area contributed by atoms with Crippen molar-refractivity contribution in [1.29, 1.82) is 0 Å². The Morgan fingerprint density at radius 1 is 0.974 bits per heavy atom. The number of hydrogen-bond acceptors (Lipinski definition) is 3. The summed E-state index contributed by atoms with van der Waals surface area (Å²) in [5, 5.41) is 9.49. The molecule has 4 aliphatic carbocycles. The molecule has 214 valence electrons. The zero-order valence-electron chi connectivity index (χ0n) is 24.9. The van der Waals surface area contributed by atoms with E-state index in [2.05, 4.69) is 40.7 Å². The molecule has 0 saturated heterocycles. The molecule has 1 aromatic carbocycles. The lowest BCUT2D eigenvalue weighted by Gasteiger charge is -2.58. The van der Waals surface area contributed by atoms with Crippen LogP contribution in [-0.2, 0) is 4.74 Å². The van der Waals surface area contributed by atoms with E-state index in [0.29, 0.717) is 5.41 Å². The van der Waals surface area contributed by atoms with E-state index in [1.54, 1.807) is 18.2 Å². The van der Waals surface area contributed by atoms with Crippen molar-refractivity contribution >= 4 is 11.9 Å². The first-order valence-corrected chi connectivity index (χ1v) is 15.8. The number of ether oxygens (including phenoxy) is 1.